The van der Waals surface area contributed by atoms with Crippen LogP contribution in [0.5, 0.6) is 0 Å². The molecule has 0 aromatic heterocycles. The Labute approximate surface area is 124 Å². The molecule has 1 fully saturated rings. The Morgan fingerprint density at radius 3 is 2.67 bits per heavy atom. The van der Waals surface area contributed by atoms with E-state index in [1.807, 2.05) is 24.3 Å². The summed E-state index contributed by atoms with van der Waals surface area (Å²) in [6.07, 6.45) is -0.739. The second-order valence-electron chi connectivity index (χ2n) is 5.37. The first kappa shape index (κ1) is 15.3. The number of amides is 2. The molecule has 1 aromatic carbocycles. The van der Waals surface area contributed by atoms with Crippen molar-refractivity contribution in [1.29, 1.82) is 0 Å². The van der Waals surface area contributed by atoms with Crippen LogP contribution in [0, 0.1) is 0 Å². The number of carbonyl (C=O) groups is 2. The summed E-state index contributed by atoms with van der Waals surface area (Å²) in [7, 11) is 0. The lowest BCUT2D eigenvalue weighted by atomic mass is 10.0. The van der Waals surface area contributed by atoms with E-state index in [9.17, 15) is 9.59 Å². The van der Waals surface area contributed by atoms with Gasteiger partial charge in [-0.2, -0.15) is 0 Å². The van der Waals surface area contributed by atoms with Gasteiger partial charge >= 0.3 is 6.09 Å². The van der Waals surface area contributed by atoms with Gasteiger partial charge in [0.25, 0.3) is 0 Å². The smallest absolute Gasteiger partial charge is 0.414 e. The molecular formula is C15H21N3O3. The topological polar surface area (TPSA) is 84.7 Å². The lowest BCUT2D eigenvalue weighted by Crippen LogP contribution is -2.37. The predicted octanol–water partition coefficient (Wildman–Crippen LogP) is 1.21. The molecule has 1 aromatic rings. The van der Waals surface area contributed by atoms with Crippen molar-refractivity contribution in [1.82, 2.24) is 5.32 Å². The van der Waals surface area contributed by atoms with E-state index in [4.69, 9.17) is 10.5 Å². The first-order valence-electron chi connectivity index (χ1n) is 7.06. The highest BCUT2D eigenvalue weighted by molar-refractivity contribution is 5.89. The fourth-order valence-corrected chi connectivity index (χ4v) is 2.18. The van der Waals surface area contributed by atoms with Gasteiger partial charge in [-0.05, 0) is 23.6 Å². The quantitative estimate of drug-likeness (QED) is 0.854. The second kappa shape index (κ2) is 6.58. The highest BCUT2D eigenvalue weighted by atomic mass is 16.6. The third-order valence-corrected chi connectivity index (χ3v) is 3.46. The lowest BCUT2D eigenvalue weighted by molar-refractivity contribution is -0.120. The number of nitrogens with two attached hydrogens (primary N) is 1. The van der Waals surface area contributed by atoms with Crippen molar-refractivity contribution >= 4 is 17.7 Å². The van der Waals surface area contributed by atoms with Gasteiger partial charge in [0, 0.05) is 5.69 Å². The largest absolute Gasteiger partial charge is 0.442 e. The van der Waals surface area contributed by atoms with Crippen LogP contribution in [0.2, 0.25) is 0 Å². The van der Waals surface area contributed by atoms with Crippen LogP contribution in [0.25, 0.3) is 0 Å². The summed E-state index contributed by atoms with van der Waals surface area (Å²) in [4.78, 5) is 24.6. The zero-order valence-electron chi connectivity index (χ0n) is 12.3. The summed E-state index contributed by atoms with van der Waals surface area (Å²) >= 11 is 0. The first-order valence-corrected chi connectivity index (χ1v) is 7.06. The maximum Gasteiger partial charge on any atom is 0.414 e. The van der Waals surface area contributed by atoms with E-state index < -0.39 is 0 Å². The highest BCUT2D eigenvalue weighted by Gasteiger charge is 2.32. The van der Waals surface area contributed by atoms with Gasteiger partial charge in [-0.25, -0.2) is 4.79 Å². The minimum atomic E-state index is -0.390. The van der Waals surface area contributed by atoms with Crippen LogP contribution >= 0.6 is 0 Å². The number of nitrogens with zero attached hydrogens (tertiary/aromatic N) is 1. The SMILES string of the molecule is CC(C)c1ccc(N2CC(CNC(=O)CN)OC2=O)cc1. The summed E-state index contributed by atoms with van der Waals surface area (Å²) in [5, 5.41) is 2.62. The van der Waals surface area contributed by atoms with Crippen molar-refractivity contribution in [2.45, 2.75) is 25.9 Å². The molecule has 0 bridgehead atoms. The number of rotatable bonds is 5. The second-order valence-corrected chi connectivity index (χ2v) is 5.37. The zero-order chi connectivity index (χ0) is 15.4. The molecule has 1 saturated heterocycles. The summed E-state index contributed by atoms with van der Waals surface area (Å²) in [6, 6.07) is 7.85. The zero-order valence-corrected chi connectivity index (χ0v) is 12.3. The Morgan fingerprint density at radius 1 is 1.43 bits per heavy atom. The van der Waals surface area contributed by atoms with Gasteiger partial charge in [-0.3, -0.25) is 9.69 Å². The number of ether oxygens (including phenoxy) is 1. The van der Waals surface area contributed by atoms with Crippen LogP contribution in [0.15, 0.2) is 24.3 Å². The molecule has 0 spiro atoms. The number of benzene rings is 1. The van der Waals surface area contributed by atoms with Crippen molar-refractivity contribution in [3.05, 3.63) is 29.8 Å². The molecular weight excluding hydrogens is 270 g/mol. The Bertz CT molecular complexity index is 513. The molecule has 6 nitrogen and oxygen atoms in total. The van der Waals surface area contributed by atoms with Crippen molar-refractivity contribution in [3.63, 3.8) is 0 Å². The number of cyclic esters (lactones) is 1. The van der Waals surface area contributed by atoms with Crippen molar-refractivity contribution in [3.8, 4) is 0 Å². The van der Waals surface area contributed by atoms with E-state index in [0.717, 1.165) is 5.69 Å². The number of carbonyl (C=O) groups excluding carboxylic acids is 2. The Balaban J connectivity index is 1.98. The van der Waals surface area contributed by atoms with E-state index in [-0.39, 0.29) is 31.2 Å². The van der Waals surface area contributed by atoms with Crippen molar-refractivity contribution < 1.29 is 14.3 Å². The maximum absolute atomic E-state index is 11.9. The molecule has 0 radical (unpaired) electrons. The van der Waals surface area contributed by atoms with E-state index in [1.165, 1.54) is 5.56 Å². The van der Waals surface area contributed by atoms with E-state index in [0.29, 0.717) is 12.5 Å². The van der Waals surface area contributed by atoms with Crippen LogP contribution in [-0.4, -0.2) is 37.7 Å². The van der Waals surface area contributed by atoms with Gasteiger partial charge in [0.1, 0.15) is 6.10 Å². The fourth-order valence-electron chi connectivity index (χ4n) is 2.18. The van der Waals surface area contributed by atoms with Crippen LogP contribution in [0.3, 0.4) is 0 Å². The number of anilines is 1. The van der Waals surface area contributed by atoms with E-state index in [1.54, 1.807) is 4.90 Å². The Hall–Kier alpha value is -2.08. The number of hydrogen-bond donors (Lipinski definition) is 2. The van der Waals surface area contributed by atoms with Crippen molar-refractivity contribution in [2.24, 2.45) is 5.73 Å². The molecule has 3 N–H and O–H groups in total. The first-order chi connectivity index (χ1) is 10.0. The highest BCUT2D eigenvalue weighted by Crippen LogP contribution is 2.24. The van der Waals surface area contributed by atoms with Crippen LogP contribution in [0.4, 0.5) is 10.5 Å². The Kier molecular flexibility index (Phi) is 4.80. The lowest BCUT2D eigenvalue weighted by Gasteiger charge is -2.14. The molecule has 0 aliphatic carbocycles. The average Bonchev–Trinajstić information content (AvgIpc) is 2.86. The summed E-state index contributed by atoms with van der Waals surface area (Å²) in [5.41, 5.74) is 7.23. The molecule has 0 saturated carbocycles. The van der Waals surface area contributed by atoms with Gasteiger partial charge in [-0.1, -0.05) is 26.0 Å². The average molecular weight is 291 g/mol. The molecule has 1 unspecified atom stereocenters. The van der Waals surface area contributed by atoms with Crippen molar-refractivity contribution in [2.75, 3.05) is 24.5 Å². The van der Waals surface area contributed by atoms with Gasteiger partial charge in [-0.15, -0.1) is 0 Å². The summed E-state index contributed by atoms with van der Waals surface area (Å²) in [6.45, 7) is 4.87. The third-order valence-electron chi connectivity index (χ3n) is 3.46. The van der Waals surface area contributed by atoms with Crippen LogP contribution < -0.4 is 16.0 Å². The van der Waals surface area contributed by atoms with Gasteiger partial charge < -0.3 is 15.8 Å². The molecule has 21 heavy (non-hydrogen) atoms. The number of hydrogen-bond acceptors (Lipinski definition) is 4. The molecule has 1 atom stereocenters. The fraction of sp³-hybridized carbons (Fsp3) is 0.467. The summed E-state index contributed by atoms with van der Waals surface area (Å²) in [5.74, 6) is 0.189. The molecule has 114 valence electrons. The molecule has 1 aliphatic rings. The summed E-state index contributed by atoms with van der Waals surface area (Å²) < 4.78 is 5.23. The standard InChI is InChI=1S/C15H21N3O3/c1-10(2)11-3-5-12(6-4-11)18-9-13(21-15(18)20)8-17-14(19)7-16/h3-6,10,13H,7-9,16H2,1-2H3,(H,17,19). The molecule has 1 heterocycles. The normalized spacial score (nSPS) is 18.0. The minimum absolute atomic E-state index is 0.0684. The van der Waals surface area contributed by atoms with Crippen LogP contribution in [-0.2, 0) is 9.53 Å². The van der Waals surface area contributed by atoms with E-state index in [2.05, 4.69) is 19.2 Å². The molecule has 6 heteroatoms. The maximum atomic E-state index is 11.9. The van der Waals surface area contributed by atoms with E-state index >= 15 is 0 Å². The Morgan fingerprint density at radius 2 is 2.10 bits per heavy atom. The monoisotopic (exact) mass is 291 g/mol. The molecule has 2 amide bonds. The van der Waals surface area contributed by atoms with Gasteiger partial charge in [0.15, 0.2) is 0 Å². The minimum Gasteiger partial charge on any atom is -0.442 e. The van der Waals surface area contributed by atoms with Gasteiger partial charge in [0.05, 0.1) is 19.6 Å². The van der Waals surface area contributed by atoms with Crippen LogP contribution in [0.1, 0.15) is 25.3 Å². The molecule has 1 aliphatic heterocycles. The van der Waals surface area contributed by atoms with Gasteiger partial charge in [0.2, 0.25) is 5.91 Å². The number of nitrogens with one attached hydrogen (secondary N) is 1. The third kappa shape index (κ3) is 3.72. The predicted molar refractivity (Wildman–Crippen MR) is 80.2 cm³/mol. The molecule has 2 rings (SSSR count).